The lowest BCUT2D eigenvalue weighted by atomic mass is 10.1. The Hall–Kier alpha value is -2.62. The summed E-state index contributed by atoms with van der Waals surface area (Å²) in [5, 5.41) is 2.82. The average Bonchev–Trinajstić information content (AvgIpc) is 2.60. The van der Waals surface area contributed by atoms with Gasteiger partial charge in [0.25, 0.3) is 0 Å². The minimum atomic E-state index is -0.442. The van der Waals surface area contributed by atoms with E-state index < -0.39 is 5.82 Å². The Morgan fingerprint density at radius 2 is 1.96 bits per heavy atom. The van der Waals surface area contributed by atoms with Gasteiger partial charge in [-0.2, -0.15) is 0 Å². The third kappa shape index (κ3) is 4.69. The minimum Gasteiger partial charge on any atom is -0.494 e. The van der Waals surface area contributed by atoms with E-state index in [1.165, 1.54) is 24.8 Å². The maximum atomic E-state index is 13.7. The van der Waals surface area contributed by atoms with Gasteiger partial charge in [0.05, 0.1) is 13.2 Å². The molecule has 0 saturated carbocycles. The zero-order chi connectivity index (χ0) is 17.5. The van der Waals surface area contributed by atoms with E-state index in [4.69, 9.17) is 4.74 Å². The maximum Gasteiger partial charge on any atom is 0.244 e. The third-order valence-electron chi connectivity index (χ3n) is 3.85. The lowest BCUT2D eigenvalue weighted by Gasteiger charge is -2.14. The van der Waals surface area contributed by atoms with Gasteiger partial charge in [0.2, 0.25) is 5.91 Å². The van der Waals surface area contributed by atoms with Gasteiger partial charge in [-0.1, -0.05) is 37.3 Å². The number of hydrogen-bond donors (Lipinski definition) is 1. The van der Waals surface area contributed by atoms with E-state index in [1.807, 2.05) is 31.2 Å². The van der Waals surface area contributed by atoms with Gasteiger partial charge >= 0.3 is 0 Å². The number of rotatable bonds is 6. The van der Waals surface area contributed by atoms with Crippen LogP contribution in [0.15, 0.2) is 48.5 Å². The van der Waals surface area contributed by atoms with Crippen LogP contribution in [0.2, 0.25) is 0 Å². The number of hydrogen-bond acceptors (Lipinski definition) is 2. The normalized spacial score (nSPS) is 12.2. The molecule has 0 fully saturated rings. The number of amides is 1. The highest BCUT2D eigenvalue weighted by Gasteiger charge is 2.11. The van der Waals surface area contributed by atoms with E-state index in [2.05, 4.69) is 12.2 Å². The highest BCUT2D eigenvalue weighted by Crippen LogP contribution is 2.21. The highest BCUT2D eigenvalue weighted by molar-refractivity contribution is 5.91. The monoisotopic (exact) mass is 327 g/mol. The van der Waals surface area contributed by atoms with Crippen LogP contribution in [0.3, 0.4) is 0 Å². The van der Waals surface area contributed by atoms with Crippen LogP contribution in [0.1, 0.15) is 36.6 Å². The van der Waals surface area contributed by atoms with Gasteiger partial charge < -0.3 is 10.1 Å². The van der Waals surface area contributed by atoms with Crippen molar-refractivity contribution in [3.05, 3.63) is 71.0 Å². The van der Waals surface area contributed by atoms with Gasteiger partial charge in [-0.05, 0) is 48.2 Å². The number of carbonyl (C=O) groups is 1. The molecule has 24 heavy (non-hydrogen) atoms. The Labute approximate surface area is 142 Å². The van der Waals surface area contributed by atoms with Crippen LogP contribution >= 0.6 is 0 Å². The Bertz CT molecular complexity index is 723. The molecule has 0 spiro atoms. The molecule has 0 radical (unpaired) electrons. The van der Waals surface area contributed by atoms with E-state index in [-0.39, 0.29) is 17.7 Å². The molecule has 0 bridgehead atoms. The topological polar surface area (TPSA) is 38.3 Å². The molecule has 126 valence electrons. The summed E-state index contributed by atoms with van der Waals surface area (Å²) in [5.41, 5.74) is 2.90. The van der Waals surface area contributed by atoms with Crippen molar-refractivity contribution in [2.24, 2.45) is 0 Å². The van der Waals surface area contributed by atoms with Crippen LogP contribution in [0.4, 0.5) is 4.39 Å². The number of benzene rings is 2. The average molecular weight is 327 g/mol. The van der Waals surface area contributed by atoms with Crippen molar-refractivity contribution in [1.82, 2.24) is 5.32 Å². The second kappa shape index (κ2) is 8.29. The molecule has 4 heteroatoms. The predicted molar refractivity (Wildman–Crippen MR) is 94.4 cm³/mol. The fourth-order valence-corrected chi connectivity index (χ4v) is 2.33. The van der Waals surface area contributed by atoms with Gasteiger partial charge in [0.1, 0.15) is 0 Å². The van der Waals surface area contributed by atoms with Gasteiger partial charge in [0.15, 0.2) is 11.6 Å². The van der Waals surface area contributed by atoms with Crippen molar-refractivity contribution < 1.29 is 13.9 Å². The van der Waals surface area contributed by atoms with E-state index >= 15 is 0 Å². The van der Waals surface area contributed by atoms with E-state index in [0.29, 0.717) is 5.56 Å². The van der Waals surface area contributed by atoms with Gasteiger partial charge in [0, 0.05) is 6.08 Å². The lowest BCUT2D eigenvalue weighted by Crippen LogP contribution is -2.24. The first-order valence-corrected chi connectivity index (χ1v) is 7.94. The summed E-state index contributed by atoms with van der Waals surface area (Å²) in [6, 6.07) is 12.4. The Morgan fingerprint density at radius 3 is 2.54 bits per heavy atom. The SMILES string of the molecule is CCc1ccc(/C=C/C(=O)N[C@@H](C)c2ccc(OC)c(F)c2)cc1. The van der Waals surface area contributed by atoms with Crippen LogP contribution in [0.25, 0.3) is 6.08 Å². The Morgan fingerprint density at radius 1 is 1.25 bits per heavy atom. The zero-order valence-electron chi connectivity index (χ0n) is 14.2. The summed E-state index contributed by atoms with van der Waals surface area (Å²) in [6.07, 6.45) is 4.23. The van der Waals surface area contributed by atoms with Gasteiger partial charge in [-0.3, -0.25) is 4.79 Å². The molecule has 0 saturated heterocycles. The zero-order valence-corrected chi connectivity index (χ0v) is 14.2. The summed E-state index contributed by atoms with van der Waals surface area (Å²) in [4.78, 5) is 12.0. The molecular weight excluding hydrogens is 305 g/mol. The van der Waals surface area contributed by atoms with Crippen LogP contribution in [0.5, 0.6) is 5.75 Å². The molecule has 0 unspecified atom stereocenters. The van der Waals surface area contributed by atoms with Gasteiger partial charge in [-0.25, -0.2) is 4.39 Å². The number of halogens is 1. The van der Waals surface area contributed by atoms with Crippen molar-refractivity contribution in [1.29, 1.82) is 0 Å². The molecule has 0 aliphatic heterocycles. The minimum absolute atomic E-state index is 0.188. The van der Waals surface area contributed by atoms with Crippen molar-refractivity contribution in [3.63, 3.8) is 0 Å². The lowest BCUT2D eigenvalue weighted by molar-refractivity contribution is -0.117. The van der Waals surface area contributed by atoms with Crippen molar-refractivity contribution >= 4 is 12.0 Å². The molecule has 2 aromatic carbocycles. The first kappa shape index (κ1) is 17.7. The Balaban J connectivity index is 1.97. The standard InChI is InChI=1S/C20H22FNO2/c1-4-15-5-7-16(8-6-15)9-12-20(23)22-14(2)17-10-11-19(24-3)18(21)13-17/h5-14H,4H2,1-3H3,(H,22,23)/b12-9+/t14-/m0/s1. The number of aryl methyl sites for hydroxylation is 1. The summed E-state index contributed by atoms with van der Waals surface area (Å²) in [5.74, 6) is -0.478. The predicted octanol–water partition coefficient (Wildman–Crippen LogP) is 4.29. The number of ether oxygens (including phenoxy) is 1. The summed E-state index contributed by atoms with van der Waals surface area (Å²) in [7, 11) is 1.42. The molecular formula is C20H22FNO2. The molecule has 1 N–H and O–H groups in total. The largest absolute Gasteiger partial charge is 0.494 e. The van der Waals surface area contributed by atoms with E-state index in [0.717, 1.165) is 12.0 Å². The third-order valence-corrected chi connectivity index (χ3v) is 3.85. The van der Waals surface area contributed by atoms with E-state index in [9.17, 15) is 9.18 Å². The number of nitrogens with one attached hydrogen (secondary N) is 1. The molecule has 0 aromatic heterocycles. The van der Waals surface area contributed by atoms with Crippen LogP contribution < -0.4 is 10.1 Å². The summed E-state index contributed by atoms with van der Waals surface area (Å²) < 4.78 is 18.6. The van der Waals surface area contributed by atoms with Crippen molar-refractivity contribution in [2.75, 3.05) is 7.11 Å². The first-order valence-electron chi connectivity index (χ1n) is 7.94. The highest BCUT2D eigenvalue weighted by atomic mass is 19.1. The molecule has 1 amide bonds. The molecule has 3 nitrogen and oxygen atoms in total. The molecule has 0 heterocycles. The van der Waals surface area contributed by atoms with Crippen molar-refractivity contribution in [2.45, 2.75) is 26.3 Å². The molecule has 0 aliphatic rings. The molecule has 1 atom stereocenters. The summed E-state index contributed by atoms with van der Waals surface area (Å²) >= 11 is 0. The summed E-state index contributed by atoms with van der Waals surface area (Å²) in [6.45, 7) is 3.91. The molecule has 0 aliphatic carbocycles. The quantitative estimate of drug-likeness (QED) is 0.804. The smallest absolute Gasteiger partial charge is 0.244 e. The number of methoxy groups -OCH3 is 1. The Kier molecular flexibility index (Phi) is 6.13. The molecule has 2 aromatic rings. The second-order valence-corrected chi connectivity index (χ2v) is 5.55. The van der Waals surface area contributed by atoms with E-state index in [1.54, 1.807) is 18.2 Å². The van der Waals surface area contributed by atoms with Crippen LogP contribution in [0, 0.1) is 5.82 Å². The fraction of sp³-hybridized carbons (Fsp3) is 0.250. The van der Waals surface area contributed by atoms with Gasteiger partial charge in [-0.15, -0.1) is 0 Å². The van der Waals surface area contributed by atoms with Crippen molar-refractivity contribution in [3.8, 4) is 5.75 Å². The van der Waals surface area contributed by atoms with Crippen LogP contribution in [-0.4, -0.2) is 13.0 Å². The second-order valence-electron chi connectivity index (χ2n) is 5.55. The van der Waals surface area contributed by atoms with Crippen LogP contribution in [-0.2, 0) is 11.2 Å². The maximum absolute atomic E-state index is 13.7. The number of carbonyl (C=O) groups excluding carboxylic acids is 1. The molecule has 2 rings (SSSR count). The fourth-order valence-electron chi connectivity index (χ4n) is 2.33. The first-order chi connectivity index (χ1) is 11.5.